The zero-order valence-electron chi connectivity index (χ0n) is 21.0. The van der Waals surface area contributed by atoms with Gasteiger partial charge >= 0.3 is 0 Å². The van der Waals surface area contributed by atoms with Gasteiger partial charge in [-0.1, -0.05) is 54.8 Å². The number of benzene rings is 3. The monoisotopic (exact) mass is 543 g/mol. The second-order valence-electron chi connectivity index (χ2n) is 8.34. The maximum Gasteiger partial charge on any atom is 0.264 e. The van der Waals surface area contributed by atoms with Crippen molar-refractivity contribution in [2.75, 3.05) is 29.8 Å². The minimum atomic E-state index is -4.19. The summed E-state index contributed by atoms with van der Waals surface area (Å²) < 4.78 is 33.8. The molecule has 0 saturated heterocycles. The quantitative estimate of drug-likeness (QED) is 0.330. The molecule has 0 fully saturated rings. The van der Waals surface area contributed by atoms with Gasteiger partial charge < -0.3 is 15.4 Å². The van der Waals surface area contributed by atoms with E-state index >= 15 is 0 Å². The first-order valence-electron chi connectivity index (χ1n) is 11.8. The summed E-state index contributed by atoms with van der Waals surface area (Å²) in [5, 5.41) is 5.78. The molecule has 0 spiro atoms. The third-order valence-electron chi connectivity index (χ3n) is 5.57. The van der Waals surface area contributed by atoms with E-state index in [0.717, 1.165) is 22.7 Å². The third kappa shape index (κ3) is 7.02. The predicted octanol–water partition coefficient (Wildman–Crippen LogP) is 5.02. The molecule has 0 saturated carbocycles. The minimum absolute atomic E-state index is 0.00336. The van der Waals surface area contributed by atoms with Crippen molar-refractivity contribution in [2.45, 2.75) is 31.6 Å². The molecule has 0 aliphatic carbocycles. The van der Waals surface area contributed by atoms with Crippen molar-refractivity contribution in [3.05, 3.63) is 82.9 Å². The van der Waals surface area contributed by atoms with Gasteiger partial charge in [-0.2, -0.15) is 0 Å². The summed E-state index contributed by atoms with van der Waals surface area (Å²) in [5.74, 6) is -0.750. The van der Waals surface area contributed by atoms with E-state index in [9.17, 15) is 18.0 Å². The number of para-hydroxylation sites is 1. The van der Waals surface area contributed by atoms with Crippen LogP contribution >= 0.6 is 11.6 Å². The van der Waals surface area contributed by atoms with Gasteiger partial charge in [0, 0.05) is 11.6 Å². The summed E-state index contributed by atoms with van der Waals surface area (Å²) in [4.78, 5) is 25.9. The zero-order valence-corrected chi connectivity index (χ0v) is 22.5. The van der Waals surface area contributed by atoms with Gasteiger partial charge in [-0.3, -0.25) is 13.9 Å². The molecule has 37 heavy (non-hydrogen) atoms. The number of nitrogens with zero attached hydrogens (tertiary/aromatic N) is 1. The van der Waals surface area contributed by atoms with Crippen molar-refractivity contribution in [3.8, 4) is 5.75 Å². The first kappa shape index (κ1) is 28.0. The molecule has 196 valence electrons. The van der Waals surface area contributed by atoms with Crippen LogP contribution in [0.5, 0.6) is 5.75 Å². The number of hydrogen-bond acceptors (Lipinski definition) is 5. The lowest BCUT2D eigenvalue weighted by molar-refractivity contribution is -0.114. The van der Waals surface area contributed by atoms with Crippen LogP contribution in [0.2, 0.25) is 5.02 Å². The molecule has 0 bridgehead atoms. The number of hydrogen-bond donors (Lipinski definition) is 2. The average Bonchev–Trinajstić information content (AvgIpc) is 2.88. The van der Waals surface area contributed by atoms with Gasteiger partial charge in [0.1, 0.15) is 12.3 Å². The lowest BCUT2D eigenvalue weighted by atomic mass is 10.1. The molecule has 2 amide bonds. The van der Waals surface area contributed by atoms with Crippen molar-refractivity contribution in [1.82, 2.24) is 5.32 Å². The van der Waals surface area contributed by atoms with Crippen LogP contribution in [0.15, 0.2) is 71.6 Å². The van der Waals surface area contributed by atoms with Crippen molar-refractivity contribution in [2.24, 2.45) is 0 Å². The molecule has 0 aromatic heterocycles. The highest BCUT2D eigenvalue weighted by atomic mass is 35.5. The maximum absolute atomic E-state index is 13.7. The maximum atomic E-state index is 13.7. The Labute approximate surface area is 222 Å². The number of carbonyl (C=O) groups is 2. The van der Waals surface area contributed by atoms with Gasteiger partial charge in [0.25, 0.3) is 15.9 Å². The van der Waals surface area contributed by atoms with E-state index in [1.54, 1.807) is 42.5 Å². The summed E-state index contributed by atoms with van der Waals surface area (Å²) >= 11 is 6.19. The van der Waals surface area contributed by atoms with E-state index in [0.29, 0.717) is 6.54 Å². The summed E-state index contributed by atoms with van der Waals surface area (Å²) in [7, 11) is -2.79. The second-order valence-corrected chi connectivity index (χ2v) is 10.6. The lowest BCUT2D eigenvalue weighted by Crippen LogP contribution is -2.38. The van der Waals surface area contributed by atoms with E-state index in [2.05, 4.69) is 10.6 Å². The number of carbonyl (C=O) groups excluding carboxylic acids is 2. The van der Waals surface area contributed by atoms with Gasteiger partial charge in [-0.05, 0) is 55.8 Å². The Hall–Kier alpha value is -3.56. The van der Waals surface area contributed by atoms with Crippen molar-refractivity contribution in [1.29, 1.82) is 0 Å². The fraction of sp³-hybridized carbons (Fsp3) is 0.259. The van der Waals surface area contributed by atoms with E-state index in [1.165, 1.54) is 31.4 Å². The Kier molecular flexibility index (Phi) is 9.54. The van der Waals surface area contributed by atoms with Crippen LogP contribution in [-0.4, -0.2) is 40.4 Å². The van der Waals surface area contributed by atoms with Crippen molar-refractivity contribution >= 4 is 44.8 Å². The Morgan fingerprint density at radius 2 is 1.73 bits per heavy atom. The Balaban J connectivity index is 1.96. The SMILES string of the molecule is CCCCNC(=O)c1ccccc1NC(=O)CN(c1cc(Cl)ccc1OC)S(=O)(=O)c1ccc(C)cc1. The molecular weight excluding hydrogens is 514 g/mol. The van der Waals surface area contributed by atoms with Crippen LogP contribution in [0.1, 0.15) is 35.7 Å². The molecule has 0 unspecified atom stereocenters. The molecule has 3 aromatic carbocycles. The molecule has 10 heteroatoms. The molecule has 0 aliphatic heterocycles. The number of nitrogens with one attached hydrogen (secondary N) is 2. The van der Waals surface area contributed by atoms with Crippen LogP contribution in [0.4, 0.5) is 11.4 Å². The predicted molar refractivity (Wildman–Crippen MR) is 146 cm³/mol. The number of aryl methyl sites for hydroxylation is 1. The molecule has 0 heterocycles. The standard InChI is InChI=1S/C27H30ClN3O5S/c1-4-5-16-29-27(33)22-8-6-7-9-23(22)30-26(32)18-31(24-17-20(28)12-15-25(24)36-3)37(34,35)21-13-10-19(2)11-14-21/h6-15,17H,4-5,16,18H2,1-3H3,(H,29,33)(H,30,32). The highest BCUT2D eigenvalue weighted by Crippen LogP contribution is 2.35. The second kappa shape index (κ2) is 12.6. The first-order chi connectivity index (χ1) is 17.7. The van der Waals surface area contributed by atoms with E-state index in [1.807, 2.05) is 13.8 Å². The number of unbranched alkanes of at least 4 members (excludes halogenated alkanes) is 1. The van der Waals surface area contributed by atoms with Gasteiger partial charge in [0.15, 0.2) is 0 Å². The number of sulfonamides is 1. The summed E-state index contributed by atoms with van der Waals surface area (Å²) in [6, 6.07) is 17.4. The minimum Gasteiger partial charge on any atom is -0.495 e. The molecule has 3 rings (SSSR count). The molecule has 0 radical (unpaired) electrons. The summed E-state index contributed by atoms with van der Waals surface area (Å²) in [6.07, 6.45) is 1.75. The Bertz CT molecular complexity index is 1360. The fourth-order valence-corrected chi connectivity index (χ4v) is 5.17. The van der Waals surface area contributed by atoms with Crippen LogP contribution in [0.25, 0.3) is 0 Å². The molecule has 3 aromatic rings. The number of amides is 2. The highest BCUT2D eigenvalue weighted by Gasteiger charge is 2.30. The number of rotatable bonds is 11. The lowest BCUT2D eigenvalue weighted by Gasteiger charge is -2.26. The number of methoxy groups -OCH3 is 1. The topological polar surface area (TPSA) is 105 Å². The van der Waals surface area contributed by atoms with Crippen molar-refractivity contribution < 1.29 is 22.7 Å². The normalized spacial score (nSPS) is 11.0. The van der Waals surface area contributed by atoms with Crippen LogP contribution in [-0.2, 0) is 14.8 Å². The largest absolute Gasteiger partial charge is 0.495 e. The molecular formula is C27H30ClN3O5S. The van der Waals surface area contributed by atoms with Gasteiger partial charge in [0.05, 0.1) is 28.9 Å². The smallest absolute Gasteiger partial charge is 0.264 e. The van der Waals surface area contributed by atoms with E-state index in [-0.39, 0.29) is 38.5 Å². The first-order valence-corrected chi connectivity index (χ1v) is 13.6. The Morgan fingerprint density at radius 3 is 2.41 bits per heavy atom. The summed E-state index contributed by atoms with van der Waals surface area (Å²) in [5.41, 5.74) is 1.54. The molecule has 8 nitrogen and oxygen atoms in total. The molecule has 2 N–H and O–H groups in total. The van der Waals surface area contributed by atoms with Gasteiger partial charge in [-0.25, -0.2) is 8.42 Å². The number of halogens is 1. The molecule has 0 aliphatic rings. The molecule has 0 atom stereocenters. The van der Waals surface area contributed by atoms with Gasteiger partial charge in [0.2, 0.25) is 5.91 Å². The van der Waals surface area contributed by atoms with E-state index in [4.69, 9.17) is 16.3 Å². The van der Waals surface area contributed by atoms with Crippen molar-refractivity contribution in [3.63, 3.8) is 0 Å². The van der Waals surface area contributed by atoms with Crippen LogP contribution in [0, 0.1) is 6.92 Å². The van der Waals surface area contributed by atoms with Crippen LogP contribution in [0.3, 0.4) is 0 Å². The Morgan fingerprint density at radius 1 is 1.03 bits per heavy atom. The average molecular weight is 544 g/mol. The number of ether oxygens (including phenoxy) is 1. The van der Waals surface area contributed by atoms with Crippen LogP contribution < -0.4 is 19.7 Å². The van der Waals surface area contributed by atoms with E-state index < -0.39 is 22.5 Å². The number of anilines is 2. The third-order valence-corrected chi connectivity index (χ3v) is 7.58. The highest BCUT2D eigenvalue weighted by molar-refractivity contribution is 7.92. The summed E-state index contributed by atoms with van der Waals surface area (Å²) in [6.45, 7) is 3.79. The van der Waals surface area contributed by atoms with Gasteiger partial charge in [-0.15, -0.1) is 0 Å². The zero-order chi connectivity index (χ0) is 27.0. The fourth-order valence-electron chi connectivity index (χ4n) is 3.58.